The summed E-state index contributed by atoms with van der Waals surface area (Å²) in [5.74, 6) is -0.648. The monoisotopic (exact) mass is 475 g/mol. The zero-order valence-electron chi connectivity index (χ0n) is 16.0. The fourth-order valence-corrected chi connectivity index (χ4v) is 3.72. The van der Waals surface area contributed by atoms with Crippen molar-refractivity contribution < 1.29 is 27.5 Å². The lowest BCUT2D eigenvalue weighted by molar-refractivity contribution is -0.121. The normalized spacial score (nSPS) is 10.9. The van der Waals surface area contributed by atoms with E-state index in [0.29, 0.717) is 10.8 Å². The van der Waals surface area contributed by atoms with Crippen LogP contribution in [0.4, 0.5) is 0 Å². The van der Waals surface area contributed by atoms with E-state index < -0.39 is 21.8 Å². The molecule has 0 bridgehead atoms. The van der Waals surface area contributed by atoms with E-state index in [-0.39, 0.29) is 34.2 Å². The van der Waals surface area contributed by atoms with Crippen LogP contribution >= 0.6 is 23.2 Å². The van der Waals surface area contributed by atoms with Crippen LogP contribution in [0.25, 0.3) is 0 Å². The highest BCUT2D eigenvalue weighted by molar-refractivity contribution is 7.89. The van der Waals surface area contributed by atoms with Gasteiger partial charge in [-0.2, -0.15) is 0 Å². The number of ether oxygens (including phenoxy) is 2. The Balaban J connectivity index is 1.88. The minimum atomic E-state index is -3.88. The maximum absolute atomic E-state index is 12.4. The summed E-state index contributed by atoms with van der Waals surface area (Å²) in [6, 6.07) is 8.42. The highest BCUT2D eigenvalue weighted by Crippen LogP contribution is 2.29. The molecule has 0 heterocycles. The van der Waals surface area contributed by atoms with Gasteiger partial charge in [-0.15, -0.1) is 0 Å². The molecule has 2 amide bonds. The molecule has 0 aliphatic heterocycles. The maximum atomic E-state index is 12.4. The number of nitrogens with one attached hydrogen (secondary N) is 3. The second-order valence-electron chi connectivity index (χ2n) is 5.79. The molecule has 0 radical (unpaired) electrons. The summed E-state index contributed by atoms with van der Waals surface area (Å²) in [6.45, 7) is -0.198. The van der Waals surface area contributed by atoms with Crippen LogP contribution in [0.2, 0.25) is 10.0 Å². The third kappa shape index (κ3) is 6.23. The molecule has 0 aliphatic rings. The van der Waals surface area contributed by atoms with Gasteiger partial charge in [-0.05, 0) is 30.3 Å². The summed E-state index contributed by atoms with van der Waals surface area (Å²) in [6.07, 6.45) is -0.226. The van der Waals surface area contributed by atoms with Crippen molar-refractivity contribution in [2.75, 3.05) is 20.8 Å². The van der Waals surface area contributed by atoms with Crippen LogP contribution in [0.15, 0.2) is 41.3 Å². The maximum Gasteiger partial charge on any atom is 0.271 e. The van der Waals surface area contributed by atoms with Crippen molar-refractivity contribution in [2.24, 2.45) is 0 Å². The van der Waals surface area contributed by atoms with Gasteiger partial charge in [0.05, 0.1) is 29.7 Å². The van der Waals surface area contributed by atoms with Crippen molar-refractivity contribution >= 4 is 45.0 Å². The number of hydrazine groups is 1. The average Bonchev–Trinajstić information content (AvgIpc) is 2.72. The highest BCUT2D eigenvalue weighted by atomic mass is 35.5. The first-order chi connectivity index (χ1) is 14.2. The van der Waals surface area contributed by atoms with Crippen LogP contribution in [0, 0.1) is 0 Å². The Morgan fingerprint density at radius 3 is 2.33 bits per heavy atom. The molecule has 2 aromatic carbocycles. The van der Waals surface area contributed by atoms with E-state index in [4.69, 9.17) is 32.7 Å². The highest BCUT2D eigenvalue weighted by Gasteiger charge is 2.17. The van der Waals surface area contributed by atoms with Gasteiger partial charge >= 0.3 is 0 Å². The number of hydrogen-bond donors (Lipinski definition) is 3. The van der Waals surface area contributed by atoms with Crippen LogP contribution in [-0.2, 0) is 14.8 Å². The first kappa shape index (κ1) is 23.7. The number of benzene rings is 2. The van der Waals surface area contributed by atoms with Crippen molar-refractivity contribution in [1.29, 1.82) is 0 Å². The third-order valence-electron chi connectivity index (χ3n) is 3.80. The van der Waals surface area contributed by atoms with Gasteiger partial charge in [0.1, 0.15) is 0 Å². The Morgan fingerprint density at radius 2 is 1.67 bits per heavy atom. The molecule has 9 nitrogen and oxygen atoms in total. The Bertz CT molecular complexity index is 1050. The number of methoxy groups -OCH3 is 2. The molecule has 2 aromatic rings. The van der Waals surface area contributed by atoms with E-state index in [1.165, 1.54) is 50.6 Å². The lowest BCUT2D eigenvalue weighted by Crippen LogP contribution is -2.42. The van der Waals surface area contributed by atoms with Gasteiger partial charge in [0.15, 0.2) is 11.5 Å². The van der Waals surface area contributed by atoms with Gasteiger partial charge in [-0.3, -0.25) is 20.4 Å². The first-order valence-corrected chi connectivity index (χ1v) is 10.7. The van der Waals surface area contributed by atoms with Crippen LogP contribution in [0.1, 0.15) is 16.8 Å². The topological polar surface area (TPSA) is 123 Å². The summed E-state index contributed by atoms with van der Waals surface area (Å²) in [5, 5.41) is 0.467. The lowest BCUT2D eigenvalue weighted by Gasteiger charge is -2.11. The molecule has 2 rings (SSSR count). The number of hydrogen-bond acceptors (Lipinski definition) is 6. The van der Waals surface area contributed by atoms with Gasteiger partial charge in [0, 0.05) is 24.1 Å². The number of halogens is 2. The smallest absolute Gasteiger partial charge is 0.271 e. The minimum Gasteiger partial charge on any atom is -0.493 e. The van der Waals surface area contributed by atoms with Crippen molar-refractivity contribution in [3.05, 3.63) is 52.0 Å². The zero-order chi connectivity index (χ0) is 22.3. The summed E-state index contributed by atoms with van der Waals surface area (Å²) in [7, 11) is -1.06. The number of amides is 2. The van der Waals surface area contributed by atoms with E-state index in [2.05, 4.69) is 15.6 Å². The molecule has 0 saturated carbocycles. The Hall–Kier alpha value is -2.53. The lowest BCUT2D eigenvalue weighted by atomic mass is 10.2. The van der Waals surface area contributed by atoms with E-state index in [0.717, 1.165) is 0 Å². The second-order valence-corrected chi connectivity index (χ2v) is 8.40. The van der Waals surface area contributed by atoms with E-state index in [1.807, 2.05) is 0 Å². The molecule has 0 atom stereocenters. The number of sulfonamides is 1. The van der Waals surface area contributed by atoms with Crippen LogP contribution in [-0.4, -0.2) is 41.0 Å². The van der Waals surface area contributed by atoms with Crippen LogP contribution < -0.4 is 25.0 Å². The number of carbonyl (C=O) groups excluding carboxylic acids is 2. The third-order valence-corrected chi connectivity index (χ3v) is 5.82. The van der Waals surface area contributed by atoms with Crippen molar-refractivity contribution in [3.8, 4) is 11.5 Å². The quantitative estimate of drug-likeness (QED) is 0.502. The summed E-state index contributed by atoms with van der Waals surface area (Å²) < 4.78 is 37.2. The molecule has 0 saturated heterocycles. The molecule has 3 N–H and O–H groups in total. The summed E-state index contributed by atoms with van der Waals surface area (Å²) >= 11 is 11.7. The number of rotatable bonds is 8. The average molecular weight is 476 g/mol. The molecule has 0 unspecified atom stereocenters. The fraction of sp³-hybridized carbons (Fsp3) is 0.222. The van der Waals surface area contributed by atoms with Crippen molar-refractivity contribution in [1.82, 2.24) is 15.6 Å². The molecule has 0 fully saturated rings. The molecule has 30 heavy (non-hydrogen) atoms. The van der Waals surface area contributed by atoms with Gasteiger partial charge in [0.25, 0.3) is 5.91 Å². The Kier molecular flexibility index (Phi) is 8.30. The van der Waals surface area contributed by atoms with Gasteiger partial charge in [-0.1, -0.05) is 23.2 Å². The van der Waals surface area contributed by atoms with Gasteiger partial charge < -0.3 is 9.47 Å². The molecule has 0 aromatic heterocycles. The van der Waals surface area contributed by atoms with Crippen LogP contribution in [0.3, 0.4) is 0 Å². The fourth-order valence-electron chi connectivity index (χ4n) is 2.29. The standard InChI is InChI=1S/C18H19Cl2N3O6S/c1-28-15-6-4-12(10-16(15)29-2)30(26,27)21-8-7-17(24)22-23-18(25)13-9-11(19)3-5-14(13)20/h3-6,9-10,21H,7-8H2,1-2H3,(H,22,24)(H,23,25). The SMILES string of the molecule is COc1ccc(S(=O)(=O)NCCC(=O)NNC(=O)c2cc(Cl)ccc2Cl)cc1OC. The van der Waals surface area contributed by atoms with Crippen molar-refractivity contribution in [3.63, 3.8) is 0 Å². The van der Waals surface area contributed by atoms with E-state index in [1.54, 1.807) is 0 Å². The largest absolute Gasteiger partial charge is 0.493 e. The van der Waals surface area contributed by atoms with Gasteiger partial charge in [0.2, 0.25) is 15.9 Å². The predicted octanol–water partition coefficient (Wildman–Crippen LogP) is 2.14. The molecule has 12 heteroatoms. The summed E-state index contributed by atoms with van der Waals surface area (Å²) in [5.41, 5.74) is 4.44. The van der Waals surface area contributed by atoms with E-state index in [9.17, 15) is 18.0 Å². The molecule has 0 spiro atoms. The zero-order valence-corrected chi connectivity index (χ0v) is 18.3. The Labute approximate surface area is 183 Å². The Morgan fingerprint density at radius 1 is 0.967 bits per heavy atom. The summed E-state index contributed by atoms with van der Waals surface area (Å²) in [4.78, 5) is 23.9. The van der Waals surface area contributed by atoms with Crippen molar-refractivity contribution in [2.45, 2.75) is 11.3 Å². The predicted molar refractivity (Wildman–Crippen MR) is 111 cm³/mol. The molecular weight excluding hydrogens is 457 g/mol. The molecule has 0 aliphatic carbocycles. The molecule has 162 valence electrons. The minimum absolute atomic E-state index is 0.0514. The first-order valence-electron chi connectivity index (χ1n) is 8.44. The van der Waals surface area contributed by atoms with Crippen LogP contribution in [0.5, 0.6) is 11.5 Å². The van der Waals surface area contributed by atoms with Gasteiger partial charge in [-0.25, -0.2) is 13.1 Å². The second kappa shape index (κ2) is 10.5. The van der Waals surface area contributed by atoms with E-state index >= 15 is 0 Å². The number of carbonyl (C=O) groups is 2. The molecular formula is C18H19Cl2N3O6S.